The van der Waals surface area contributed by atoms with Gasteiger partial charge in [0, 0.05) is 6.04 Å². The Bertz CT molecular complexity index is 486. The second-order valence-corrected chi connectivity index (χ2v) is 5.23. The van der Waals surface area contributed by atoms with Crippen LogP contribution >= 0.6 is 0 Å². The summed E-state index contributed by atoms with van der Waals surface area (Å²) in [5, 5.41) is 19.0. The Balaban J connectivity index is 1.96. The van der Waals surface area contributed by atoms with Gasteiger partial charge in [-0.05, 0) is 18.8 Å². The number of carboxylic acids is 1. The van der Waals surface area contributed by atoms with Crippen molar-refractivity contribution >= 4 is 11.9 Å². The van der Waals surface area contributed by atoms with Crippen LogP contribution in [0.3, 0.4) is 0 Å². The molecule has 0 radical (unpaired) electrons. The van der Waals surface area contributed by atoms with Crippen molar-refractivity contribution in [3.8, 4) is 0 Å². The van der Waals surface area contributed by atoms with E-state index < -0.39 is 5.97 Å². The minimum atomic E-state index is -1.01. The van der Waals surface area contributed by atoms with E-state index in [4.69, 9.17) is 5.11 Å². The van der Waals surface area contributed by atoms with Gasteiger partial charge in [-0.3, -0.25) is 9.59 Å². The van der Waals surface area contributed by atoms with E-state index in [2.05, 4.69) is 22.6 Å². The maximum Gasteiger partial charge on any atom is 0.325 e. The fourth-order valence-corrected chi connectivity index (χ4v) is 2.75. The van der Waals surface area contributed by atoms with Crippen molar-refractivity contribution in [1.29, 1.82) is 0 Å². The van der Waals surface area contributed by atoms with Gasteiger partial charge < -0.3 is 10.4 Å². The fourth-order valence-electron chi connectivity index (χ4n) is 2.75. The predicted octanol–water partition coefficient (Wildman–Crippen LogP) is 1.06. The van der Waals surface area contributed by atoms with Gasteiger partial charge in [0.2, 0.25) is 0 Å². The number of nitrogens with zero attached hydrogens (tertiary/aromatic N) is 3. The van der Waals surface area contributed by atoms with Gasteiger partial charge in [0.25, 0.3) is 5.91 Å². The van der Waals surface area contributed by atoms with Crippen molar-refractivity contribution in [3.05, 3.63) is 11.9 Å². The van der Waals surface area contributed by atoms with Gasteiger partial charge in [-0.15, -0.1) is 5.10 Å². The van der Waals surface area contributed by atoms with Crippen LogP contribution < -0.4 is 5.32 Å². The molecule has 0 saturated heterocycles. The summed E-state index contributed by atoms with van der Waals surface area (Å²) in [5.41, 5.74) is 0.173. The molecule has 20 heavy (non-hydrogen) atoms. The highest BCUT2D eigenvalue weighted by molar-refractivity contribution is 5.92. The molecule has 1 heterocycles. The maximum atomic E-state index is 12.1. The normalized spacial score (nSPS) is 22.4. The van der Waals surface area contributed by atoms with Crippen LogP contribution in [0.1, 0.15) is 49.5 Å². The summed E-state index contributed by atoms with van der Waals surface area (Å²) in [5.74, 6) is -0.770. The zero-order valence-electron chi connectivity index (χ0n) is 11.6. The van der Waals surface area contributed by atoms with E-state index >= 15 is 0 Å². The number of aliphatic carboxylic acids is 1. The smallest absolute Gasteiger partial charge is 0.325 e. The van der Waals surface area contributed by atoms with E-state index in [1.54, 1.807) is 0 Å². The summed E-state index contributed by atoms with van der Waals surface area (Å²) in [6, 6.07) is 0.186. The highest BCUT2D eigenvalue weighted by atomic mass is 16.4. The average molecular weight is 280 g/mol. The summed E-state index contributed by atoms with van der Waals surface area (Å²) < 4.78 is 1.15. The molecule has 7 heteroatoms. The zero-order chi connectivity index (χ0) is 14.5. The molecular formula is C13H20N4O3. The summed E-state index contributed by atoms with van der Waals surface area (Å²) in [4.78, 5) is 22.7. The third kappa shape index (κ3) is 3.55. The third-order valence-electron chi connectivity index (χ3n) is 3.82. The largest absolute Gasteiger partial charge is 0.480 e. The number of carbonyl (C=O) groups excluding carboxylic acids is 1. The van der Waals surface area contributed by atoms with Gasteiger partial charge in [-0.2, -0.15) is 0 Å². The molecular weight excluding hydrogens is 260 g/mol. The number of hydrogen-bond donors (Lipinski definition) is 2. The number of carboxylic acid groups (broad SMARTS) is 1. The van der Waals surface area contributed by atoms with Crippen LogP contribution in [0.15, 0.2) is 6.20 Å². The zero-order valence-corrected chi connectivity index (χ0v) is 11.6. The molecule has 1 aliphatic carbocycles. The molecule has 2 unspecified atom stereocenters. The van der Waals surface area contributed by atoms with Crippen LogP contribution in [0.25, 0.3) is 0 Å². The van der Waals surface area contributed by atoms with Crippen molar-refractivity contribution in [2.45, 2.75) is 51.6 Å². The van der Waals surface area contributed by atoms with Crippen molar-refractivity contribution in [2.24, 2.45) is 5.92 Å². The first-order valence-electron chi connectivity index (χ1n) is 7.03. The molecule has 0 spiro atoms. The van der Waals surface area contributed by atoms with E-state index in [1.807, 2.05) is 0 Å². The Morgan fingerprint density at radius 2 is 2.20 bits per heavy atom. The Labute approximate surface area is 117 Å². The van der Waals surface area contributed by atoms with E-state index in [-0.39, 0.29) is 24.2 Å². The summed E-state index contributed by atoms with van der Waals surface area (Å²) in [6.07, 6.45) is 6.91. The van der Waals surface area contributed by atoms with Crippen molar-refractivity contribution in [1.82, 2.24) is 20.3 Å². The SMILES string of the molecule is CCC1CCCCC1NC(=O)c1cn(CC(=O)O)nn1. The molecule has 1 amide bonds. The molecule has 2 N–H and O–H groups in total. The number of nitrogens with one attached hydrogen (secondary N) is 1. The van der Waals surface area contributed by atoms with E-state index in [1.165, 1.54) is 12.6 Å². The molecule has 0 bridgehead atoms. The maximum absolute atomic E-state index is 12.1. The summed E-state index contributed by atoms with van der Waals surface area (Å²) >= 11 is 0. The number of hydrogen-bond acceptors (Lipinski definition) is 4. The van der Waals surface area contributed by atoms with E-state index in [9.17, 15) is 9.59 Å². The Morgan fingerprint density at radius 1 is 1.45 bits per heavy atom. The lowest BCUT2D eigenvalue weighted by Crippen LogP contribution is -2.42. The monoisotopic (exact) mass is 280 g/mol. The third-order valence-corrected chi connectivity index (χ3v) is 3.82. The van der Waals surface area contributed by atoms with Crippen molar-refractivity contribution in [2.75, 3.05) is 0 Å². The van der Waals surface area contributed by atoms with Gasteiger partial charge in [-0.1, -0.05) is 31.4 Å². The number of amides is 1. The lowest BCUT2D eigenvalue weighted by molar-refractivity contribution is -0.137. The quantitative estimate of drug-likeness (QED) is 0.840. The van der Waals surface area contributed by atoms with Gasteiger partial charge in [0.15, 0.2) is 5.69 Å². The molecule has 0 aliphatic heterocycles. The van der Waals surface area contributed by atoms with Gasteiger partial charge in [-0.25, -0.2) is 4.68 Å². The van der Waals surface area contributed by atoms with Crippen molar-refractivity contribution in [3.63, 3.8) is 0 Å². The van der Waals surface area contributed by atoms with Crippen LogP contribution in [-0.4, -0.2) is 38.0 Å². The van der Waals surface area contributed by atoms with E-state index in [0.717, 1.165) is 30.4 Å². The van der Waals surface area contributed by atoms with Crippen LogP contribution in [0.5, 0.6) is 0 Å². The molecule has 1 aromatic heterocycles. The van der Waals surface area contributed by atoms with Crippen LogP contribution in [0.2, 0.25) is 0 Å². The number of rotatable bonds is 5. The Kier molecular flexibility index (Phi) is 4.70. The van der Waals surface area contributed by atoms with Crippen LogP contribution in [-0.2, 0) is 11.3 Å². The predicted molar refractivity (Wildman–Crippen MR) is 71.2 cm³/mol. The molecule has 0 aromatic carbocycles. The molecule has 2 atom stereocenters. The highest BCUT2D eigenvalue weighted by Crippen LogP contribution is 2.26. The first-order chi connectivity index (χ1) is 9.60. The van der Waals surface area contributed by atoms with Gasteiger partial charge in [0.05, 0.1) is 6.20 Å². The molecule has 1 aliphatic rings. The van der Waals surface area contributed by atoms with Gasteiger partial charge >= 0.3 is 5.97 Å². The minimum absolute atomic E-state index is 0.173. The topological polar surface area (TPSA) is 97.1 Å². The fraction of sp³-hybridized carbons (Fsp3) is 0.692. The average Bonchev–Trinajstić information content (AvgIpc) is 2.87. The van der Waals surface area contributed by atoms with Crippen LogP contribution in [0.4, 0.5) is 0 Å². The Morgan fingerprint density at radius 3 is 2.90 bits per heavy atom. The molecule has 1 fully saturated rings. The second kappa shape index (κ2) is 6.49. The molecule has 1 saturated carbocycles. The van der Waals surface area contributed by atoms with Crippen molar-refractivity contribution < 1.29 is 14.7 Å². The summed E-state index contributed by atoms with van der Waals surface area (Å²) in [7, 11) is 0. The lowest BCUT2D eigenvalue weighted by Gasteiger charge is -2.31. The minimum Gasteiger partial charge on any atom is -0.480 e. The summed E-state index contributed by atoms with van der Waals surface area (Å²) in [6.45, 7) is 1.85. The van der Waals surface area contributed by atoms with Crippen LogP contribution in [0, 0.1) is 5.92 Å². The first kappa shape index (κ1) is 14.5. The standard InChI is InChI=1S/C13H20N4O3/c1-2-9-5-3-4-6-10(9)14-13(20)11-7-17(16-15-11)8-12(18)19/h7,9-10H,2-6,8H2,1H3,(H,14,20)(H,18,19). The molecule has 1 aromatic rings. The number of carbonyl (C=O) groups is 2. The molecule has 110 valence electrons. The molecule has 2 rings (SSSR count). The first-order valence-corrected chi connectivity index (χ1v) is 7.03. The van der Waals surface area contributed by atoms with Gasteiger partial charge in [0.1, 0.15) is 6.54 Å². The lowest BCUT2D eigenvalue weighted by atomic mass is 9.83. The second-order valence-electron chi connectivity index (χ2n) is 5.23. The number of aromatic nitrogens is 3. The van der Waals surface area contributed by atoms with E-state index in [0.29, 0.717) is 5.92 Å². The Hall–Kier alpha value is -1.92. The molecule has 7 nitrogen and oxygen atoms in total. The highest BCUT2D eigenvalue weighted by Gasteiger charge is 2.26.